The summed E-state index contributed by atoms with van der Waals surface area (Å²) >= 11 is 11.4. The summed E-state index contributed by atoms with van der Waals surface area (Å²) in [7, 11) is 1.31. The quantitative estimate of drug-likeness (QED) is 0.620. The highest BCUT2D eigenvalue weighted by Gasteiger charge is 2.13. The fourth-order valence-electron chi connectivity index (χ4n) is 2.38. The van der Waals surface area contributed by atoms with E-state index in [0.29, 0.717) is 21.4 Å². The molecule has 0 aromatic heterocycles. The SMILES string of the molecule is COC(=O)c1cc(NC(=S)N[C@@H](C)c2ccccc2C)ccc1Cl. The first-order valence-corrected chi connectivity index (χ1v) is 8.22. The molecule has 24 heavy (non-hydrogen) atoms. The number of esters is 1. The van der Waals surface area contributed by atoms with E-state index in [4.69, 9.17) is 28.6 Å². The summed E-state index contributed by atoms with van der Waals surface area (Å²) in [5, 5.41) is 7.09. The van der Waals surface area contributed by atoms with Crippen molar-refractivity contribution >= 4 is 40.6 Å². The van der Waals surface area contributed by atoms with Gasteiger partial charge in [-0.2, -0.15) is 0 Å². The molecule has 126 valence electrons. The molecule has 0 spiro atoms. The van der Waals surface area contributed by atoms with E-state index < -0.39 is 5.97 Å². The molecule has 0 saturated heterocycles. The molecule has 0 radical (unpaired) electrons. The molecule has 1 atom stereocenters. The minimum Gasteiger partial charge on any atom is -0.465 e. The normalized spacial score (nSPS) is 11.5. The van der Waals surface area contributed by atoms with E-state index in [9.17, 15) is 4.79 Å². The zero-order valence-electron chi connectivity index (χ0n) is 13.7. The second-order valence-electron chi connectivity index (χ2n) is 5.36. The van der Waals surface area contributed by atoms with E-state index in [2.05, 4.69) is 29.7 Å². The second kappa shape index (κ2) is 8.13. The van der Waals surface area contributed by atoms with Gasteiger partial charge in [-0.1, -0.05) is 35.9 Å². The Morgan fingerprint density at radius 2 is 1.96 bits per heavy atom. The molecule has 0 heterocycles. The first-order valence-electron chi connectivity index (χ1n) is 7.43. The summed E-state index contributed by atoms with van der Waals surface area (Å²) in [4.78, 5) is 11.7. The van der Waals surface area contributed by atoms with Crippen LogP contribution in [-0.4, -0.2) is 18.2 Å². The number of thiocarbonyl (C=S) groups is 1. The summed E-state index contributed by atoms with van der Waals surface area (Å²) in [5.74, 6) is -0.490. The van der Waals surface area contributed by atoms with Crippen LogP contribution in [0.1, 0.15) is 34.5 Å². The van der Waals surface area contributed by atoms with E-state index in [1.54, 1.807) is 18.2 Å². The van der Waals surface area contributed by atoms with Crippen LogP contribution < -0.4 is 10.6 Å². The molecule has 2 rings (SSSR count). The molecule has 0 unspecified atom stereocenters. The molecule has 0 bridgehead atoms. The number of ether oxygens (including phenoxy) is 1. The molecule has 0 fully saturated rings. The first kappa shape index (κ1) is 18.2. The lowest BCUT2D eigenvalue weighted by molar-refractivity contribution is 0.0601. The fraction of sp³-hybridized carbons (Fsp3) is 0.222. The Morgan fingerprint density at radius 3 is 2.62 bits per heavy atom. The largest absolute Gasteiger partial charge is 0.465 e. The zero-order chi connectivity index (χ0) is 17.7. The number of rotatable bonds is 4. The summed E-state index contributed by atoms with van der Waals surface area (Å²) in [6.07, 6.45) is 0. The van der Waals surface area contributed by atoms with Crippen LogP contribution in [0.15, 0.2) is 42.5 Å². The van der Waals surface area contributed by atoms with Crippen LogP contribution in [0.3, 0.4) is 0 Å². The Hall–Kier alpha value is -2.11. The third kappa shape index (κ3) is 4.46. The van der Waals surface area contributed by atoms with E-state index >= 15 is 0 Å². The maximum atomic E-state index is 11.7. The third-order valence-electron chi connectivity index (χ3n) is 3.63. The van der Waals surface area contributed by atoms with Crippen molar-refractivity contribution in [2.45, 2.75) is 19.9 Å². The average Bonchev–Trinajstić information content (AvgIpc) is 2.56. The first-order chi connectivity index (χ1) is 11.4. The average molecular weight is 363 g/mol. The number of hydrogen-bond acceptors (Lipinski definition) is 3. The van der Waals surface area contributed by atoms with Crippen molar-refractivity contribution in [3.8, 4) is 0 Å². The van der Waals surface area contributed by atoms with E-state index in [1.807, 2.05) is 19.1 Å². The highest BCUT2D eigenvalue weighted by atomic mass is 35.5. The molecular weight excluding hydrogens is 344 g/mol. The van der Waals surface area contributed by atoms with Gasteiger partial charge >= 0.3 is 5.97 Å². The number of carbonyl (C=O) groups excluding carboxylic acids is 1. The molecule has 2 N–H and O–H groups in total. The van der Waals surface area contributed by atoms with Gasteiger partial charge in [-0.3, -0.25) is 0 Å². The number of halogens is 1. The smallest absolute Gasteiger partial charge is 0.339 e. The number of benzene rings is 2. The van der Waals surface area contributed by atoms with Gasteiger partial charge in [0.05, 0.1) is 23.7 Å². The van der Waals surface area contributed by atoms with E-state index in [0.717, 1.165) is 0 Å². The van der Waals surface area contributed by atoms with Crippen LogP contribution >= 0.6 is 23.8 Å². The van der Waals surface area contributed by atoms with E-state index in [-0.39, 0.29) is 6.04 Å². The number of anilines is 1. The van der Waals surface area contributed by atoms with Gasteiger partial charge in [0, 0.05) is 5.69 Å². The van der Waals surface area contributed by atoms with Gasteiger partial charge in [-0.25, -0.2) is 4.79 Å². The Bertz CT molecular complexity index is 764. The Kier molecular flexibility index (Phi) is 6.17. The Morgan fingerprint density at radius 1 is 1.25 bits per heavy atom. The van der Waals surface area contributed by atoms with Gasteiger partial charge in [0.25, 0.3) is 0 Å². The Balaban J connectivity index is 2.07. The van der Waals surface area contributed by atoms with E-state index in [1.165, 1.54) is 18.2 Å². The maximum absolute atomic E-state index is 11.7. The molecular formula is C18H19ClN2O2S. The van der Waals surface area contributed by atoms with Crippen LogP contribution in [0.4, 0.5) is 5.69 Å². The molecule has 0 aliphatic carbocycles. The van der Waals surface area contributed by atoms with Crippen molar-refractivity contribution in [2.24, 2.45) is 0 Å². The topological polar surface area (TPSA) is 50.4 Å². The van der Waals surface area contributed by atoms with Gasteiger partial charge in [0.1, 0.15) is 0 Å². The molecule has 0 amide bonds. The lowest BCUT2D eigenvalue weighted by Gasteiger charge is -2.19. The number of nitrogens with one attached hydrogen (secondary N) is 2. The molecule has 2 aromatic carbocycles. The number of carbonyl (C=O) groups is 1. The van der Waals surface area contributed by atoms with Gasteiger partial charge < -0.3 is 15.4 Å². The van der Waals surface area contributed by atoms with Crippen molar-refractivity contribution in [1.29, 1.82) is 0 Å². The minimum absolute atomic E-state index is 0.0542. The van der Waals surface area contributed by atoms with Crippen LogP contribution in [0.25, 0.3) is 0 Å². The number of hydrogen-bond donors (Lipinski definition) is 2. The summed E-state index contributed by atoms with van der Waals surface area (Å²) < 4.78 is 4.71. The van der Waals surface area contributed by atoms with Crippen molar-refractivity contribution in [1.82, 2.24) is 5.32 Å². The third-order valence-corrected chi connectivity index (χ3v) is 4.18. The number of aryl methyl sites for hydroxylation is 1. The molecule has 0 saturated carbocycles. The second-order valence-corrected chi connectivity index (χ2v) is 6.18. The fourth-order valence-corrected chi connectivity index (χ4v) is 2.87. The zero-order valence-corrected chi connectivity index (χ0v) is 15.3. The lowest BCUT2D eigenvalue weighted by atomic mass is 10.0. The van der Waals surface area contributed by atoms with Gasteiger partial charge in [-0.05, 0) is 55.4 Å². The van der Waals surface area contributed by atoms with Crippen LogP contribution in [0.2, 0.25) is 5.02 Å². The van der Waals surface area contributed by atoms with Crippen molar-refractivity contribution < 1.29 is 9.53 Å². The molecule has 0 aliphatic rings. The Labute approximate surface area is 152 Å². The summed E-state index contributed by atoms with van der Waals surface area (Å²) in [6.45, 7) is 4.10. The van der Waals surface area contributed by atoms with Gasteiger partial charge in [0.15, 0.2) is 5.11 Å². The predicted octanol–water partition coefficient (Wildman–Crippen LogP) is 4.48. The lowest BCUT2D eigenvalue weighted by Crippen LogP contribution is -2.31. The van der Waals surface area contributed by atoms with Crippen molar-refractivity contribution in [3.05, 3.63) is 64.2 Å². The van der Waals surface area contributed by atoms with Gasteiger partial charge in [-0.15, -0.1) is 0 Å². The molecule has 4 nitrogen and oxygen atoms in total. The molecule has 6 heteroatoms. The highest BCUT2D eigenvalue weighted by Crippen LogP contribution is 2.22. The summed E-state index contributed by atoms with van der Waals surface area (Å²) in [6, 6.07) is 13.2. The van der Waals surface area contributed by atoms with Crippen LogP contribution in [0, 0.1) is 6.92 Å². The maximum Gasteiger partial charge on any atom is 0.339 e. The number of methoxy groups -OCH3 is 1. The standard InChI is InChI=1S/C18H19ClN2O2S/c1-11-6-4-5-7-14(11)12(2)20-18(24)21-13-8-9-16(19)15(10-13)17(22)23-3/h4-10,12H,1-3H3,(H2,20,21,24)/t12-/m0/s1. The molecule has 0 aliphatic heterocycles. The van der Waals surface area contributed by atoms with Crippen LogP contribution in [-0.2, 0) is 4.74 Å². The summed E-state index contributed by atoms with van der Waals surface area (Å²) in [5.41, 5.74) is 3.32. The monoisotopic (exact) mass is 362 g/mol. The van der Waals surface area contributed by atoms with Gasteiger partial charge in [0.2, 0.25) is 0 Å². The minimum atomic E-state index is -0.490. The van der Waals surface area contributed by atoms with Crippen molar-refractivity contribution in [3.63, 3.8) is 0 Å². The van der Waals surface area contributed by atoms with Crippen molar-refractivity contribution in [2.75, 3.05) is 12.4 Å². The molecule has 2 aromatic rings. The highest BCUT2D eigenvalue weighted by molar-refractivity contribution is 7.80. The predicted molar refractivity (Wildman–Crippen MR) is 102 cm³/mol. The van der Waals surface area contributed by atoms with Crippen LogP contribution in [0.5, 0.6) is 0 Å².